The Balaban J connectivity index is 2.49. The number of oxime groups is 1. The first-order chi connectivity index (χ1) is 9.52. The van der Waals surface area contributed by atoms with Gasteiger partial charge in [0.2, 0.25) is 5.88 Å². The highest BCUT2D eigenvalue weighted by Crippen LogP contribution is 2.26. The highest BCUT2D eigenvalue weighted by atomic mass is 16.5. The molecule has 0 amide bonds. The van der Waals surface area contributed by atoms with Crippen LogP contribution in [-0.2, 0) is 0 Å². The summed E-state index contributed by atoms with van der Waals surface area (Å²) in [5, 5.41) is 19.9. The van der Waals surface area contributed by atoms with Crippen LogP contribution in [0.25, 0.3) is 0 Å². The van der Waals surface area contributed by atoms with Crippen molar-refractivity contribution in [3.8, 4) is 11.6 Å². The van der Waals surface area contributed by atoms with Gasteiger partial charge in [-0.2, -0.15) is 5.10 Å². The fraction of sp³-hybridized carbons (Fsp3) is 0.214. The Labute approximate surface area is 116 Å². The lowest BCUT2D eigenvalue weighted by atomic mass is 10.1. The largest absolute Gasteiger partial charge is 0.437 e. The maximum atomic E-state index is 8.90. The zero-order valence-electron chi connectivity index (χ0n) is 11.6. The molecule has 3 N–H and O–H groups in total. The lowest BCUT2D eigenvalue weighted by Crippen LogP contribution is -2.18. The molecule has 104 valence electrons. The van der Waals surface area contributed by atoms with Gasteiger partial charge in [-0.25, -0.2) is 0 Å². The molecule has 0 aliphatic rings. The fourth-order valence-electron chi connectivity index (χ4n) is 1.80. The van der Waals surface area contributed by atoms with Gasteiger partial charge in [-0.1, -0.05) is 17.3 Å². The Bertz CT molecular complexity index is 668. The molecule has 0 unspecified atom stereocenters. The number of hydrogen-bond acceptors (Lipinski definition) is 5. The monoisotopic (exact) mass is 272 g/mol. The van der Waals surface area contributed by atoms with E-state index in [0.717, 1.165) is 11.1 Å². The normalized spacial score (nSPS) is 11.4. The Morgan fingerprint density at radius 3 is 2.65 bits per heavy atom. The van der Waals surface area contributed by atoms with Gasteiger partial charge in [0.15, 0.2) is 5.84 Å². The molecule has 6 heteroatoms. The number of nitrogens with two attached hydrogens (primary N) is 1. The van der Waals surface area contributed by atoms with Crippen LogP contribution in [0.2, 0.25) is 0 Å². The van der Waals surface area contributed by atoms with Gasteiger partial charge in [-0.15, -0.1) is 5.10 Å². The first-order valence-electron chi connectivity index (χ1n) is 6.09. The number of aryl methyl sites for hydroxylation is 2. The lowest BCUT2D eigenvalue weighted by molar-refractivity contribution is 0.318. The number of nitrogens with zero attached hydrogens (tertiary/aromatic N) is 3. The second-order valence-electron chi connectivity index (χ2n) is 4.49. The topological polar surface area (TPSA) is 93.6 Å². The number of amidine groups is 1. The van der Waals surface area contributed by atoms with E-state index in [4.69, 9.17) is 15.7 Å². The summed E-state index contributed by atoms with van der Waals surface area (Å²) >= 11 is 0. The maximum Gasteiger partial charge on any atom is 0.250 e. The average Bonchev–Trinajstić information content (AvgIpc) is 2.42. The number of aromatic nitrogens is 2. The summed E-state index contributed by atoms with van der Waals surface area (Å²) in [4.78, 5) is 0. The van der Waals surface area contributed by atoms with Crippen LogP contribution in [0.4, 0.5) is 0 Å². The highest BCUT2D eigenvalue weighted by Gasteiger charge is 2.17. The van der Waals surface area contributed by atoms with Gasteiger partial charge < -0.3 is 15.7 Å². The van der Waals surface area contributed by atoms with Gasteiger partial charge in [0, 0.05) is 0 Å². The zero-order valence-corrected chi connectivity index (χ0v) is 11.6. The maximum absolute atomic E-state index is 8.90. The molecule has 0 aliphatic heterocycles. The molecule has 0 bridgehead atoms. The molecule has 0 radical (unpaired) electrons. The molecule has 2 rings (SSSR count). The molecule has 0 saturated heterocycles. The number of ether oxygens (including phenoxy) is 1. The molecule has 1 heterocycles. The highest BCUT2D eigenvalue weighted by molar-refractivity contribution is 6.00. The third-order valence-electron chi connectivity index (χ3n) is 2.99. The summed E-state index contributed by atoms with van der Waals surface area (Å²) in [6.07, 6.45) is 0. The predicted octanol–water partition coefficient (Wildman–Crippen LogP) is 2.29. The molecule has 0 atom stereocenters. The van der Waals surface area contributed by atoms with Crippen molar-refractivity contribution in [2.24, 2.45) is 10.9 Å². The molecule has 1 aromatic heterocycles. The summed E-state index contributed by atoms with van der Waals surface area (Å²) in [6.45, 7) is 5.58. The number of benzene rings is 1. The van der Waals surface area contributed by atoms with Gasteiger partial charge in [0.05, 0.1) is 11.3 Å². The van der Waals surface area contributed by atoms with Gasteiger partial charge in [0.25, 0.3) is 0 Å². The van der Waals surface area contributed by atoms with Crippen molar-refractivity contribution in [1.82, 2.24) is 10.2 Å². The first-order valence-corrected chi connectivity index (χ1v) is 6.09. The summed E-state index contributed by atoms with van der Waals surface area (Å²) in [5.41, 5.74) is 8.67. The smallest absolute Gasteiger partial charge is 0.250 e. The zero-order chi connectivity index (χ0) is 14.7. The van der Waals surface area contributed by atoms with E-state index in [-0.39, 0.29) is 11.7 Å². The average molecular weight is 272 g/mol. The van der Waals surface area contributed by atoms with Gasteiger partial charge in [-0.3, -0.25) is 0 Å². The molecule has 2 aromatic rings. The van der Waals surface area contributed by atoms with E-state index in [9.17, 15) is 0 Å². The SMILES string of the molecule is Cc1cccc(Oc2nnc(C)c(C)c2/C(N)=N/O)c1. The van der Waals surface area contributed by atoms with Crippen molar-refractivity contribution in [2.45, 2.75) is 20.8 Å². The third-order valence-corrected chi connectivity index (χ3v) is 2.99. The Kier molecular flexibility index (Phi) is 3.84. The minimum absolute atomic E-state index is 0.0526. The lowest BCUT2D eigenvalue weighted by Gasteiger charge is -2.12. The van der Waals surface area contributed by atoms with Crippen LogP contribution >= 0.6 is 0 Å². The van der Waals surface area contributed by atoms with Crippen molar-refractivity contribution >= 4 is 5.84 Å². The van der Waals surface area contributed by atoms with E-state index in [1.807, 2.05) is 32.0 Å². The van der Waals surface area contributed by atoms with E-state index in [1.165, 1.54) is 0 Å². The minimum Gasteiger partial charge on any atom is -0.437 e. The third kappa shape index (κ3) is 2.69. The van der Waals surface area contributed by atoms with Crippen LogP contribution < -0.4 is 10.5 Å². The molecule has 0 spiro atoms. The molecule has 0 fully saturated rings. The van der Waals surface area contributed by atoms with E-state index in [1.54, 1.807) is 13.0 Å². The Hall–Kier alpha value is -2.63. The van der Waals surface area contributed by atoms with Crippen molar-refractivity contribution in [2.75, 3.05) is 0 Å². The van der Waals surface area contributed by atoms with Crippen molar-refractivity contribution < 1.29 is 9.94 Å². The fourth-order valence-corrected chi connectivity index (χ4v) is 1.80. The standard InChI is InChI=1S/C14H16N4O2/c1-8-5-4-6-11(7-8)20-14-12(13(15)18-19)9(2)10(3)16-17-14/h4-7,19H,1-3H3,(H2,15,18). The Morgan fingerprint density at radius 1 is 1.25 bits per heavy atom. The van der Waals surface area contributed by atoms with Crippen molar-refractivity contribution in [3.05, 3.63) is 46.6 Å². The molecule has 0 aliphatic carbocycles. The second-order valence-corrected chi connectivity index (χ2v) is 4.49. The van der Waals surface area contributed by atoms with Gasteiger partial charge in [0.1, 0.15) is 5.75 Å². The summed E-state index contributed by atoms with van der Waals surface area (Å²) in [6, 6.07) is 7.51. The van der Waals surface area contributed by atoms with Crippen LogP contribution in [0, 0.1) is 20.8 Å². The van der Waals surface area contributed by atoms with Crippen LogP contribution in [0.5, 0.6) is 11.6 Å². The quantitative estimate of drug-likeness (QED) is 0.387. The summed E-state index contributed by atoms with van der Waals surface area (Å²) < 4.78 is 5.70. The van der Waals surface area contributed by atoms with Crippen LogP contribution in [0.1, 0.15) is 22.4 Å². The van der Waals surface area contributed by atoms with E-state index in [0.29, 0.717) is 17.0 Å². The first kappa shape index (κ1) is 13.8. The molecular weight excluding hydrogens is 256 g/mol. The molecule has 0 saturated carbocycles. The second kappa shape index (κ2) is 5.56. The molecule has 6 nitrogen and oxygen atoms in total. The number of rotatable bonds is 3. The van der Waals surface area contributed by atoms with E-state index >= 15 is 0 Å². The minimum atomic E-state index is -0.0526. The molecular formula is C14H16N4O2. The van der Waals surface area contributed by atoms with Crippen LogP contribution in [0.3, 0.4) is 0 Å². The van der Waals surface area contributed by atoms with Crippen LogP contribution in [0.15, 0.2) is 29.4 Å². The van der Waals surface area contributed by atoms with Crippen molar-refractivity contribution in [3.63, 3.8) is 0 Å². The van der Waals surface area contributed by atoms with Gasteiger partial charge >= 0.3 is 0 Å². The van der Waals surface area contributed by atoms with E-state index < -0.39 is 0 Å². The summed E-state index contributed by atoms with van der Waals surface area (Å²) in [7, 11) is 0. The summed E-state index contributed by atoms with van der Waals surface area (Å²) in [5.74, 6) is 0.784. The Morgan fingerprint density at radius 2 is 2.00 bits per heavy atom. The number of hydrogen-bond donors (Lipinski definition) is 2. The van der Waals surface area contributed by atoms with Crippen molar-refractivity contribution in [1.29, 1.82) is 0 Å². The molecule has 1 aromatic carbocycles. The van der Waals surface area contributed by atoms with Gasteiger partial charge in [-0.05, 0) is 44.0 Å². The van der Waals surface area contributed by atoms with Crippen LogP contribution in [-0.4, -0.2) is 21.2 Å². The molecule has 20 heavy (non-hydrogen) atoms. The predicted molar refractivity (Wildman–Crippen MR) is 75.3 cm³/mol. The van der Waals surface area contributed by atoms with E-state index in [2.05, 4.69) is 15.4 Å².